The van der Waals surface area contributed by atoms with Crippen LogP contribution in [0, 0.1) is 6.92 Å². The molecule has 4 rings (SSSR count). The van der Waals surface area contributed by atoms with Gasteiger partial charge < -0.3 is 14.0 Å². The number of para-hydroxylation sites is 3. The molecule has 0 atom stereocenters. The molecule has 0 aliphatic rings. The van der Waals surface area contributed by atoms with Gasteiger partial charge >= 0.3 is 0 Å². The van der Waals surface area contributed by atoms with Crippen molar-refractivity contribution in [2.75, 3.05) is 7.11 Å². The highest BCUT2D eigenvalue weighted by atomic mass is 16.5. The predicted octanol–water partition coefficient (Wildman–Crippen LogP) is 4.83. The van der Waals surface area contributed by atoms with Crippen molar-refractivity contribution in [3.05, 3.63) is 65.4 Å². The van der Waals surface area contributed by atoms with E-state index < -0.39 is 0 Å². The van der Waals surface area contributed by atoms with Gasteiger partial charge in [-0.05, 0) is 51.1 Å². The number of imidazole rings is 1. The molecule has 0 radical (unpaired) electrons. The van der Waals surface area contributed by atoms with Crippen molar-refractivity contribution >= 4 is 28.5 Å². The van der Waals surface area contributed by atoms with Crippen LogP contribution in [0.5, 0.6) is 11.5 Å². The molecule has 0 unspecified atom stereocenters. The van der Waals surface area contributed by atoms with Crippen LogP contribution >= 0.6 is 0 Å². The Morgan fingerprint density at radius 1 is 1.10 bits per heavy atom. The van der Waals surface area contributed by atoms with Gasteiger partial charge in [0.2, 0.25) is 0 Å². The van der Waals surface area contributed by atoms with E-state index in [2.05, 4.69) is 5.10 Å². The van der Waals surface area contributed by atoms with E-state index in [-0.39, 0.29) is 11.9 Å². The number of methoxy groups -OCH3 is 1. The molecule has 0 bridgehead atoms. The summed E-state index contributed by atoms with van der Waals surface area (Å²) in [6.07, 6.45) is 3.33. The number of ether oxygens (including phenoxy) is 2. The Hall–Kier alpha value is -3.54. The standard InChI is InChI=1S/C24H25N3O3/c1-15(2)30-23-17(9-8-12-21(23)29-5)13-14-20(28)22-16(3)25-27-19-11-7-6-10-18(19)26(4)24(22)27/h6-15H,1-5H3/b14-13+. The second kappa shape index (κ2) is 7.71. The number of rotatable bonds is 6. The third-order valence-electron chi connectivity index (χ3n) is 5.07. The molecule has 30 heavy (non-hydrogen) atoms. The molecule has 0 aliphatic carbocycles. The first kappa shape index (κ1) is 19.8. The molecule has 6 nitrogen and oxygen atoms in total. The third kappa shape index (κ3) is 3.24. The highest BCUT2D eigenvalue weighted by molar-refractivity contribution is 6.12. The van der Waals surface area contributed by atoms with Crippen molar-refractivity contribution in [2.24, 2.45) is 7.05 Å². The van der Waals surface area contributed by atoms with Crippen molar-refractivity contribution in [1.82, 2.24) is 14.2 Å². The van der Waals surface area contributed by atoms with Crippen LogP contribution in [0.2, 0.25) is 0 Å². The Balaban J connectivity index is 1.78. The van der Waals surface area contributed by atoms with E-state index in [1.165, 1.54) is 0 Å². The minimum atomic E-state index is -0.105. The number of carbonyl (C=O) groups excluding carboxylic acids is 1. The smallest absolute Gasteiger partial charge is 0.191 e. The first-order chi connectivity index (χ1) is 14.4. The molecule has 4 aromatic rings. The number of hydrogen-bond acceptors (Lipinski definition) is 4. The number of nitrogens with zero attached hydrogens (tertiary/aromatic N) is 3. The lowest BCUT2D eigenvalue weighted by Gasteiger charge is -2.15. The van der Waals surface area contributed by atoms with E-state index in [9.17, 15) is 4.79 Å². The van der Waals surface area contributed by atoms with Gasteiger partial charge in [0, 0.05) is 12.6 Å². The Kier molecular flexibility index (Phi) is 5.08. The summed E-state index contributed by atoms with van der Waals surface area (Å²) in [4.78, 5) is 13.2. The van der Waals surface area contributed by atoms with Crippen molar-refractivity contribution in [1.29, 1.82) is 0 Å². The lowest BCUT2D eigenvalue weighted by molar-refractivity contribution is 0.104. The number of ketones is 1. The molecule has 2 aromatic carbocycles. The van der Waals surface area contributed by atoms with Crippen LogP contribution in [0.25, 0.3) is 22.8 Å². The van der Waals surface area contributed by atoms with Gasteiger partial charge in [0.15, 0.2) is 17.3 Å². The average Bonchev–Trinajstić information content (AvgIpc) is 3.21. The highest BCUT2D eigenvalue weighted by Gasteiger charge is 2.21. The fourth-order valence-corrected chi connectivity index (χ4v) is 3.76. The molecule has 154 valence electrons. The minimum absolute atomic E-state index is 0.0162. The molecule has 2 heterocycles. The molecule has 0 fully saturated rings. The Labute approximate surface area is 175 Å². The van der Waals surface area contributed by atoms with Crippen LogP contribution < -0.4 is 9.47 Å². The summed E-state index contributed by atoms with van der Waals surface area (Å²) < 4.78 is 15.2. The van der Waals surface area contributed by atoms with Gasteiger partial charge in [-0.25, -0.2) is 4.52 Å². The van der Waals surface area contributed by atoms with Crippen LogP contribution in [-0.4, -0.2) is 33.2 Å². The molecule has 0 saturated carbocycles. The fraction of sp³-hybridized carbons (Fsp3) is 0.250. The number of fused-ring (bicyclic) bond motifs is 3. The Morgan fingerprint density at radius 3 is 2.53 bits per heavy atom. The van der Waals surface area contributed by atoms with Gasteiger partial charge in [-0.15, -0.1) is 0 Å². The molecule has 0 saturated heterocycles. The molecule has 0 aliphatic heterocycles. The normalized spacial score (nSPS) is 11.8. The van der Waals surface area contributed by atoms with E-state index in [0.29, 0.717) is 22.8 Å². The summed E-state index contributed by atoms with van der Waals surface area (Å²) in [6.45, 7) is 5.78. The first-order valence-electron chi connectivity index (χ1n) is 9.91. The Bertz CT molecular complexity index is 1280. The third-order valence-corrected chi connectivity index (χ3v) is 5.07. The lowest BCUT2D eigenvalue weighted by atomic mass is 10.1. The number of benzene rings is 2. The molecule has 6 heteroatoms. The van der Waals surface area contributed by atoms with Gasteiger partial charge in [-0.1, -0.05) is 24.3 Å². The predicted molar refractivity (Wildman–Crippen MR) is 119 cm³/mol. The largest absolute Gasteiger partial charge is 0.493 e. The number of hydrogen-bond donors (Lipinski definition) is 0. The fourth-order valence-electron chi connectivity index (χ4n) is 3.76. The summed E-state index contributed by atoms with van der Waals surface area (Å²) in [5.74, 6) is 1.16. The van der Waals surface area contributed by atoms with Gasteiger partial charge in [0.05, 0.1) is 35.5 Å². The van der Waals surface area contributed by atoms with Crippen LogP contribution in [-0.2, 0) is 7.05 Å². The summed E-state index contributed by atoms with van der Waals surface area (Å²) in [7, 11) is 3.56. The number of allylic oxidation sites excluding steroid dienone is 1. The van der Waals surface area contributed by atoms with E-state index in [4.69, 9.17) is 9.47 Å². The van der Waals surface area contributed by atoms with Gasteiger partial charge in [0.1, 0.15) is 5.65 Å². The summed E-state index contributed by atoms with van der Waals surface area (Å²) in [5.41, 5.74) is 4.87. The molecular weight excluding hydrogens is 378 g/mol. The zero-order valence-electron chi connectivity index (χ0n) is 17.8. The number of aryl methyl sites for hydroxylation is 2. The highest BCUT2D eigenvalue weighted by Crippen LogP contribution is 2.33. The van der Waals surface area contributed by atoms with Crippen molar-refractivity contribution < 1.29 is 14.3 Å². The summed E-state index contributed by atoms with van der Waals surface area (Å²) in [6, 6.07) is 13.6. The molecule has 0 spiro atoms. The molecule has 0 N–H and O–H groups in total. The summed E-state index contributed by atoms with van der Waals surface area (Å²) >= 11 is 0. The zero-order valence-corrected chi connectivity index (χ0v) is 17.8. The van der Waals surface area contributed by atoms with Crippen molar-refractivity contribution in [3.63, 3.8) is 0 Å². The van der Waals surface area contributed by atoms with Gasteiger partial charge in [-0.2, -0.15) is 5.10 Å². The maximum Gasteiger partial charge on any atom is 0.191 e. The van der Waals surface area contributed by atoms with Crippen LogP contribution in [0.15, 0.2) is 48.5 Å². The van der Waals surface area contributed by atoms with E-state index >= 15 is 0 Å². The zero-order chi connectivity index (χ0) is 21.4. The van der Waals surface area contributed by atoms with E-state index in [1.807, 2.05) is 79.4 Å². The van der Waals surface area contributed by atoms with E-state index in [0.717, 1.165) is 22.2 Å². The van der Waals surface area contributed by atoms with Crippen molar-refractivity contribution in [3.8, 4) is 11.5 Å². The maximum absolute atomic E-state index is 13.2. The SMILES string of the molecule is COc1cccc(/C=C/C(=O)c2c(C)nn3c4ccccc4n(C)c23)c1OC(C)C. The van der Waals surface area contributed by atoms with Crippen LogP contribution in [0.1, 0.15) is 35.5 Å². The summed E-state index contributed by atoms with van der Waals surface area (Å²) in [5, 5.41) is 4.62. The second-order valence-electron chi connectivity index (χ2n) is 7.49. The molecular formula is C24H25N3O3. The second-order valence-corrected chi connectivity index (χ2v) is 7.49. The monoisotopic (exact) mass is 403 g/mol. The van der Waals surface area contributed by atoms with Crippen LogP contribution in [0.3, 0.4) is 0 Å². The van der Waals surface area contributed by atoms with Crippen molar-refractivity contribution in [2.45, 2.75) is 26.9 Å². The topological polar surface area (TPSA) is 57.8 Å². The van der Waals surface area contributed by atoms with Crippen LogP contribution in [0.4, 0.5) is 0 Å². The minimum Gasteiger partial charge on any atom is -0.493 e. The van der Waals surface area contributed by atoms with Gasteiger partial charge in [0.25, 0.3) is 0 Å². The average molecular weight is 403 g/mol. The molecule has 2 aromatic heterocycles. The quantitative estimate of drug-likeness (QED) is 0.342. The Morgan fingerprint density at radius 2 is 1.83 bits per heavy atom. The molecule has 0 amide bonds. The number of aromatic nitrogens is 3. The maximum atomic E-state index is 13.2. The number of carbonyl (C=O) groups is 1. The first-order valence-corrected chi connectivity index (χ1v) is 9.91. The van der Waals surface area contributed by atoms with Gasteiger partial charge in [-0.3, -0.25) is 4.79 Å². The lowest BCUT2D eigenvalue weighted by Crippen LogP contribution is -2.08. The van der Waals surface area contributed by atoms with E-state index in [1.54, 1.807) is 19.3 Å².